The molecule has 1 aromatic carbocycles. The van der Waals surface area contributed by atoms with Gasteiger partial charge in [-0.05, 0) is 24.6 Å². The van der Waals surface area contributed by atoms with Crippen molar-refractivity contribution < 1.29 is 9.84 Å². The van der Waals surface area contributed by atoms with E-state index in [4.69, 9.17) is 9.84 Å². The summed E-state index contributed by atoms with van der Waals surface area (Å²) in [5.41, 5.74) is 2.00. The second-order valence-electron chi connectivity index (χ2n) is 7.07. The smallest absolute Gasteiger partial charge is 0.211 e. The van der Waals surface area contributed by atoms with Crippen LogP contribution in [0.15, 0.2) is 23.0 Å². The lowest BCUT2D eigenvalue weighted by atomic mass is 10.1. The van der Waals surface area contributed by atoms with Gasteiger partial charge in [0.1, 0.15) is 12.4 Å². The lowest BCUT2D eigenvalue weighted by Crippen LogP contribution is -2.24. The van der Waals surface area contributed by atoms with Gasteiger partial charge in [-0.1, -0.05) is 31.8 Å². The third-order valence-corrected chi connectivity index (χ3v) is 5.52. The second-order valence-corrected chi connectivity index (χ2v) is 12.7. The Morgan fingerprint density at radius 2 is 2.04 bits per heavy atom. The molecule has 0 aliphatic rings. The number of ether oxygens (including phenoxy) is 1. The van der Waals surface area contributed by atoms with Gasteiger partial charge in [0.25, 0.3) is 0 Å². The van der Waals surface area contributed by atoms with Crippen molar-refractivity contribution in [1.29, 1.82) is 0 Å². The molecule has 0 aliphatic carbocycles. The summed E-state index contributed by atoms with van der Waals surface area (Å²) in [6.45, 7) is 9.79. The summed E-state index contributed by atoms with van der Waals surface area (Å²) in [6, 6.07) is 6.82. The Bertz CT molecular complexity index is 735. The summed E-state index contributed by atoms with van der Waals surface area (Å²) >= 11 is 0. The average Bonchev–Trinajstić information content (AvgIpc) is 2.47. The molecular weight excluding hydrogens is 308 g/mol. The highest BCUT2D eigenvalue weighted by atomic mass is 28.3. The molecule has 0 fully saturated rings. The Labute approximate surface area is 137 Å². The van der Waals surface area contributed by atoms with Gasteiger partial charge in [0.05, 0.1) is 10.9 Å². The molecule has 0 bridgehead atoms. The predicted octanol–water partition coefficient (Wildman–Crippen LogP) is 2.55. The molecule has 0 spiro atoms. The van der Waals surface area contributed by atoms with Gasteiger partial charge in [0.2, 0.25) is 5.43 Å². The molecule has 2 aromatic rings. The van der Waals surface area contributed by atoms with Gasteiger partial charge in [0.15, 0.2) is 0 Å². The zero-order chi connectivity index (χ0) is 17.0. The topological polar surface area (TPSA) is 64.3 Å². The van der Waals surface area contributed by atoms with E-state index in [1.165, 1.54) is 0 Å². The third kappa shape index (κ3) is 4.50. The lowest BCUT2D eigenvalue weighted by molar-refractivity contribution is 0.0803. The second kappa shape index (κ2) is 7.38. The summed E-state index contributed by atoms with van der Waals surface area (Å²) in [6.07, 6.45) is 0.262. The Kier molecular flexibility index (Phi) is 5.72. The van der Waals surface area contributed by atoms with Crippen molar-refractivity contribution in [2.75, 3.05) is 13.2 Å². The first-order valence-electron chi connectivity index (χ1n) is 8.01. The third-order valence-electron chi connectivity index (χ3n) is 3.82. The summed E-state index contributed by atoms with van der Waals surface area (Å²) in [5, 5.41) is 14.2. The maximum Gasteiger partial charge on any atom is 0.211 e. The van der Waals surface area contributed by atoms with E-state index in [2.05, 4.69) is 24.7 Å². The van der Waals surface area contributed by atoms with E-state index in [-0.39, 0.29) is 18.5 Å². The Hall–Kier alpha value is -1.50. The highest BCUT2D eigenvalue weighted by Gasteiger charge is 2.14. The fraction of sp³-hybridized carbons (Fsp3) is 0.529. The number of benzene rings is 1. The predicted molar refractivity (Wildman–Crippen MR) is 95.6 cm³/mol. The molecule has 1 N–H and O–H groups in total. The van der Waals surface area contributed by atoms with Crippen LogP contribution in [0.25, 0.3) is 10.9 Å². The molecule has 23 heavy (non-hydrogen) atoms. The van der Waals surface area contributed by atoms with Crippen LogP contribution in [-0.2, 0) is 17.9 Å². The van der Waals surface area contributed by atoms with Crippen LogP contribution in [0.1, 0.15) is 11.3 Å². The number of fused-ring (bicyclic) bond motifs is 1. The largest absolute Gasteiger partial charge is 0.396 e. The molecule has 0 radical (unpaired) electrons. The summed E-state index contributed by atoms with van der Waals surface area (Å²) < 4.78 is 7.52. The highest BCUT2D eigenvalue weighted by molar-refractivity contribution is 6.76. The van der Waals surface area contributed by atoms with E-state index in [9.17, 15) is 4.79 Å². The van der Waals surface area contributed by atoms with Gasteiger partial charge in [0, 0.05) is 27.7 Å². The first kappa shape index (κ1) is 17.8. The van der Waals surface area contributed by atoms with Crippen LogP contribution in [0.3, 0.4) is 0 Å². The number of aryl methyl sites for hydroxylation is 1. The normalized spacial score (nSPS) is 12.0. The number of aliphatic hydroxyl groups excluding tert-OH is 1. The van der Waals surface area contributed by atoms with Crippen molar-refractivity contribution in [3.63, 3.8) is 0 Å². The molecule has 6 heteroatoms. The van der Waals surface area contributed by atoms with Crippen LogP contribution >= 0.6 is 0 Å². The van der Waals surface area contributed by atoms with Crippen LogP contribution in [0.5, 0.6) is 0 Å². The van der Waals surface area contributed by atoms with E-state index in [0.717, 1.165) is 17.1 Å². The number of hydrogen-bond donors (Lipinski definition) is 1. The number of hydrogen-bond acceptors (Lipinski definition) is 4. The number of aromatic nitrogens is 2. The number of aliphatic hydroxyl groups is 1. The minimum atomic E-state index is -1.13. The van der Waals surface area contributed by atoms with Crippen molar-refractivity contribution in [1.82, 2.24) is 9.78 Å². The fourth-order valence-electron chi connectivity index (χ4n) is 2.45. The molecule has 0 amide bonds. The minimum Gasteiger partial charge on any atom is -0.396 e. The first-order chi connectivity index (χ1) is 10.8. The summed E-state index contributed by atoms with van der Waals surface area (Å²) in [7, 11) is -1.13. The van der Waals surface area contributed by atoms with E-state index in [1.54, 1.807) is 4.68 Å². The quantitative estimate of drug-likeness (QED) is 0.624. The molecule has 0 saturated heterocycles. The van der Waals surface area contributed by atoms with Crippen molar-refractivity contribution in [3.05, 3.63) is 39.7 Å². The van der Waals surface area contributed by atoms with Gasteiger partial charge in [-0.25, -0.2) is 4.68 Å². The van der Waals surface area contributed by atoms with Crippen LogP contribution in [-0.4, -0.2) is 36.2 Å². The maximum atomic E-state index is 12.5. The molecule has 0 atom stereocenters. The summed E-state index contributed by atoms with van der Waals surface area (Å²) in [4.78, 5) is 12.5. The zero-order valence-corrected chi connectivity index (χ0v) is 15.4. The Morgan fingerprint density at radius 1 is 1.30 bits per heavy atom. The van der Waals surface area contributed by atoms with Crippen molar-refractivity contribution in [2.24, 2.45) is 0 Å². The molecule has 2 rings (SSSR count). The Balaban J connectivity index is 2.33. The molecule has 1 aromatic heterocycles. The van der Waals surface area contributed by atoms with E-state index < -0.39 is 8.07 Å². The van der Waals surface area contributed by atoms with Gasteiger partial charge in [-0.3, -0.25) is 4.79 Å². The molecule has 0 saturated carbocycles. The van der Waals surface area contributed by atoms with Crippen LogP contribution in [0.4, 0.5) is 0 Å². The van der Waals surface area contributed by atoms with Crippen LogP contribution in [0.2, 0.25) is 25.7 Å². The number of rotatable bonds is 7. The van der Waals surface area contributed by atoms with Gasteiger partial charge in [-0.2, -0.15) is 5.10 Å². The van der Waals surface area contributed by atoms with Gasteiger partial charge >= 0.3 is 0 Å². The number of nitrogens with zero attached hydrogens (tertiary/aromatic N) is 2. The molecule has 126 valence electrons. The fourth-order valence-corrected chi connectivity index (χ4v) is 3.21. The first-order valence-corrected chi connectivity index (χ1v) is 11.7. The molecular formula is C17H26N2O3Si. The monoisotopic (exact) mass is 334 g/mol. The van der Waals surface area contributed by atoms with Crippen molar-refractivity contribution in [2.45, 2.75) is 45.8 Å². The zero-order valence-electron chi connectivity index (χ0n) is 14.4. The van der Waals surface area contributed by atoms with E-state index >= 15 is 0 Å². The van der Waals surface area contributed by atoms with Crippen LogP contribution in [0, 0.1) is 6.92 Å². The molecule has 5 nitrogen and oxygen atoms in total. The molecule has 0 unspecified atom stereocenters. The van der Waals surface area contributed by atoms with E-state index in [0.29, 0.717) is 24.4 Å². The van der Waals surface area contributed by atoms with Crippen LogP contribution < -0.4 is 5.43 Å². The Morgan fingerprint density at radius 3 is 2.70 bits per heavy atom. The maximum absolute atomic E-state index is 12.5. The molecule has 0 aliphatic heterocycles. The summed E-state index contributed by atoms with van der Waals surface area (Å²) in [5.74, 6) is 0. The van der Waals surface area contributed by atoms with E-state index in [1.807, 2.05) is 25.1 Å². The standard InChI is InChI=1S/C17H26N2O3Si/c1-13-6-5-7-15-16(13)17(21)14(8-9-20)18-19(15)12-22-10-11-23(2,3)4/h5-7,20H,8-12H2,1-4H3. The van der Waals surface area contributed by atoms with Crippen molar-refractivity contribution >= 4 is 19.0 Å². The highest BCUT2D eigenvalue weighted by Crippen LogP contribution is 2.15. The minimum absolute atomic E-state index is 0.0872. The SMILES string of the molecule is Cc1cccc2c1c(=O)c(CCO)nn2COCC[Si](C)(C)C. The van der Waals surface area contributed by atoms with Gasteiger partial charge < -0.3 is 9.84 Å². The average molecular weight is 334 g/mol. The lowest BCUT2D eigenvalue weighted by Gasteiger charge is -2.17. The molecule has 1 heterocycles. The van der Waals surface area contributed by atoms with Crippen molar-refractivity contribution in [3.8, 4) is 0 Å². The van der Waals surface area contributed by atoms with Gasteiger partial charge in [-0.15, -0.1) is 0 Å².